The van der Waals surface area contributed by atoms with Crippen LogP contribution in [0.3, 0.4) is 0 Å². The summed E-state index contributed by atoms with van der Waals surface area (Å²) in [7, 11) is 0. The molecule has 6 heteroatoms. The van der Waals surface area contributed by atoms with E-state index in [1.807, 2.05) is 42.2 Å². The van der Waals surface area contributed by atoms with E-state index in [-0.39, 0.29) is 18.4 Å². The molecule has 0 aromatic heterocycles. The number of likely N-dealkylation sites (tertiary alicyclic amines) is 1. The van der Waals surface area contributed by atoms with Gasteiger partial charge in [-0.2, -0.15) is 5.26 Å². The van der Waals surface area contributed by atoms with Crippen molar-refractivity contribution in [2.24, 2.45) is 0 Å². The Labute approximate surface area is 165 Å². The minimum atomic E-state index is -0.162. The van der Waals surface area contributed by atoms with E-state index in [1.165, 1.54) is 0 Å². The lowest BCUT2D eigenvalue weighted by molar-refractivity contribution is -0.114. The van der Waals surface area contributed by atoms with Gasteiger partial charge in [0.15, 0.2) is 0 Å². The summed E-state index contributed by atoms with van der Waals surface area (Å²) in [6, 6.07) is 14.8. The van der Waals surface area contributed by atoms with Gasteiger partial charge in [-0.3, -0.25) is 9.59 Å². The van der Waals surface area contributed by atoms with Crippen LogP contribution in [0, 0.1) is 18.3 Å². The summed E-state index contributed by atoms with van der Waals surface area (Å²) >= 11 is 0. The second-order valence-electron chi connectivity index (χ2n) is 6.96. The molecule has 144 valence electrons. The number of nitrogens with zero attached hydrogens (tertiary/aromatic N) is 2. The molecule has 1 aliphatic rings. The van der Waals surface area contributed by atoms with Gasteiger partial charge in [-0.1, -0.05) is 12.1 Å². The van der Waals surface area contributed by atoms with Gasteiger partial charge < -0.3 is 15.5 Å². The quantitative estimate of drug-likeness (QED) is 0.810. The molecule has 1 fully saturated rings. The average molecular weight is 376 g/mol. The zero-order valence-electron chi connectivity index (χ0n) is 16.0. The molecule has 28 heavy (non-hydrogen) atoms. The minimum absolute atomic E-state index is 0.0738. The highest BCUT2D eigenvalue weighted by atomic mass is 16.2. The smallest absolute Gasteiger partial charge is 0.253 e. The molecule has 0 atom stereocenters. The maximum Gasteiger partial charge on any atom is 0.253 e. The SMILES string of the molecule is Cc1cc(C(=O)N2CCCC2)ccc1NCC(=O)Nc1ccc(CC#N)cc1. The first-order valence-corrected chi connectivity index (χ1v) is 9.46. The molecule has 0 saturated carbocycles. The Kier molecular flexibility index (Phi) is 6.28. The molecule has 1 saturated heterocycles. The summed E-state index contributed by atoms with van der Waals surface area (Å²) < 4.78 is 0. The largest absolute Gasteiger partial charge is 0.376 e. The normalized spacial score (nSPS) is 13.1. The van der Waals surface area contributed by atoms with E-state index in [0.29, 0.717) is 17.7 Å². The van der Waals surface area contributed by atoms with Crippen molar-refractivity contribution in [1.82, 2.24) is 4.90 Å². The van der Waals surface area contributed by atoms with Crippen LogP contribution < -0.4 is 10.6 Å². The van der Waals surface area contributed by atoms with Crippen molar-refractivity contribution in [2.75, 3.05) is 30.3 Å². The molecule has 2 aromatic carbocycles. The van der Waals surface area contributed by atoms with Gasteiger partial charge in [-0.25, -0.2) is 0 Å². The first-order valence-electron chi connectivity index (χ1n) is 9.46. The van der Waals surface area contributed by atoms with Crippen LogP contribution in [0.15, 0.2) is 42.5 Å². The lowest BCUT2D eigenvalue weighted by Crippen LogP contribution is -2.27. The van der Waals surface area contributed by atoms with E-state index >= 15 is 0 Å². The van der Waals surface area contributed by atoms with Crippen LogP contribution in [0.4, 0.5) is 11.4 Å². The van der Waals surface area contributed by atoms with Crippen molar-refractivity contribution >= 4 is 23.2 Å². The molecule has 2 aromatic rings. The molecule has 1 aliphatic heterocycles. The zero-order valence-corrected chi connectivity index (χ0v) is 16.0. The highest BCUT2D eigenvalue weighted by Crippen LogP contribution is 2.19. The first-order chi connectivity index (χ1) is 13.6. The molecule has 6 nitrogen and oxygen atoms in total. The predicted molar refractivity (Wildman–Crippen MR) is 109 cm³/mol. The van der Waals surface area contributed by atoms with Crippen LogP contribution >= 0.6 is 0 Å². The molecule has 0 bridgehead atoms. The van der Waals surface area contributed by atoms with Gasteiger partial charge in [0.25, 0.3) is 5.91 Å². The topological polar surface area (TPSA) is 85.2 Å². The molecule has 3 rings (SSSR count). The van der Waals surface area contributed by atoms with Gasteiger partial charge in [0.2, 0.25) is 5.91 Å². The third-order valence-electron chi connectivity index (χ3n) is 4.83. The predicted octanol–water partition coefficient (Wildman–Crippen LogP) is 3.35. The molecule has 2 N–H and O–H groups in total. The number of aryl methyl sites for hydroxylation is 1. The van der Waals surface area contributed by atoms with E-state index in [1.54, 1.807) is 12.1 Å². The second kappa shape index (κ2) is 9.05. The highest BCUT2D eigenvalue weighted by Gasteiger charge is 2.19. The Morgan fingerprint density at radius 2 is 1.82 bits per heavy atom. The van der Waals surface area contributed by atoms with Gasteiger partial charge in [0, 0.05) is 30.0 Å². The van der Waals surface area contributed by atoms with Crippen molar-refractivity contribution in [3.8, 4) is 6.07 Å². The van der Waals surface area contributed by atoms with Gasteiger partial charge >= 0.3 is 0 Å². The second-order valence-corrected chi connectivity index (χ2v) is 6.96. The summed E-state index contributed by atoms with van der Waals surface area (Å²) in [5.41, 5.74) is 4.05. The fourth-order valence-electron chi connectivity index (χ4n) is 3.28. The number of nitriles is 1. The Bertz CT molecular complexity index is 894. The first kappa shape index (κ1) is 19.4. The Morgan fingerprint density at radius 3 is 2.46 bits per heavy atom. The fourth-order valence-corrected chi connectivity index (χ4v) is 3.28. The lowest BCUT2D eigenvalue weighted by atomic mass is 10.1. The maximum absolute atomic E-state index is 12.5. The number of carbonyl (C=O) groups is 2. The average Bonchev–Trinajstić information content (AvgIpc) is 3.23. The van der Waals surface area contributed by atoms with Crippen molar-refractivity contribution in [2.45, 2.75) is 26.2 Å². The number of hydrogen-bond donors (Lipinski definition) is 2. The highest BCUT2D eigenvalue weighted by molar-refractivity contribution is 5.96. The number of benzene rings is 2. The van der Waals surface area contributed by atoms with Crippen LogP contribution in [0.25, 0.3) is 0 Å². The number of rotatable bonds is 6. The number of carbonyl (C=O) groups excluding carboxylic acids is 2. The molecule has 0 unspecified atom stereocenters. The number of hydrogen-bond acceptors (Lipinski definition) is 4. The van der Waals surface area contributed by atoms with E-state index < -0.39 is 0 Å². The molecular formula is C22H24N4O2. The lowest BCUT2D eigenvalue weighted by Gasteiger charge is -2.16. The van der Waals surface area contributed by atoms with E-state index in [0.717, 1.165) is 42.7 Å². The third kappa shape index (κ3) is 4.89. The molecular weight excluding hydrogens is 352 g/mol. The van der Waals surface area contributed by atoms with E-state index in [2.05, 4.69) is 16.7 Å². The van der Waals surface area contributed by atoms with E-state index in [9.17, 15) is 9.59 Å². The van der Waals surface area contributed by atoms with Crippen LogP contribution in [-0.2, 0) is 11.2 Å². The van der Waals surface area contributed by atoms with Gasteiger partial charge in [0.05, 0.1) is 19.0 Å². The molecule has 0 radical (unpaired) electrons. The van der Waals surface area contributed by atoms with Crippen LogP contribution in [0.2, 0.25) is 0 Å². The number of anilines is 2. The number of nitrogens with one attached hydrogen (secondary N) is 2. The fraction of sp³-hybridized carbons (Fsp3) is 0.318. The molecule has 2 amide bonds. The monoisotopic (exact) mass is 376 g/mol. The molecule has 0 spiro atoms. The van der Waals surface area contributed by atoms with Gasteiger partial charge in [-0.05, 0) is 61.2 Å². The van der Waals surface area contributed by atoms with E-state index in [4.69, 9.17) is 5.26 Å². The minimum Gasteiger partial charge on any atom is -0.376 e. The number of amides is 2. The Hall–Kier alpha value is -3.33. The Balaban J connectivity index is 1.54. The molecule has 0 aliphatic carbocycles. The van der Waals surface area contributed by atoms with Crippen molar-refractivity contribution in [3.63, 3.8) is 0 Å². The zero-order chi connectivity index (χ0) is 19.9. The van der Waals surface area contributed by atoms with Crippen molar-refractivity contribution in [3.05, 3.63) is 59.2 Å². The summed E-state index contributed by atoms with van der Waals surface area (Å²) in [6.07, 6.45) is 2.49. The van der Waals surface area contributed by atoms with Crippen LogP contribution in [0.1, 0.15) is 34.3 Å². The molecule has 1 heterocycles. The van der Waals surface area contributed by atoms with Crippen LogP contribution in [0.5, 0.6) is 0 Å². The maximum atomic E-state index is 12.5. The summed E-state index contributed by atoms with van der Waals surface area (Å²) in [6.45, 7) is 3.71. The van der Waals surface area contributed by atoms with Gasteiger partial charge in [0.1, 0.15) is 0 Å². The summed E-state index contributed by atoms with van der Waals surface area (Å²) in [5, 5.41) is 14.6. The standard InChI is InChI=1S/C22H24N4O2/c1-16-14-18(22(28)26-12-2-3-13-26)6-9-20(16)24-15-21(27)25-19-7-4-17(5-8-19)10-11-23/h4-9,14,24H,2-3,10,12-13,15H2,1H3,(H,25,27). The van der Waals surface area contributed by atoms with Gasteiger partial charge in [-0.15, -0.1) is 0 Å². The summed E-state index contributed by atoms with van der Waals surface area (Å²) in [4.78, 5) is 26.5. The Morgan fingerprint density at radius 1 is 1.11 bits per heavy atom. The van der Waals surface area contributed by atoms with Crippen molar-refractivity contribution < 1.29 is 9.59 Å². The van der Waals surface area contributed by atoms with Crippen LogP contribution in [-0.4, -0.2) is 36.3 Å². The van der Waals surface area contributed by atoms with Crippen molar-refractivity contribution in [1.29, 1.82) is 5.26 Å². The summed E-state index contributed by atoms with van der Waals surface area (Å²) in [5.74, 6) is -0.0885. The third-order valence-corrected chi connectivity index (χ3v) is 4.83.